The van der Waals surface area contributed by atoms with Gasteiger partial charge in [0, 0.05) is 23.0 Å². The summed E-state index contributed by atoms with van der Waals surface area (Å²) in [5.74, 6) is -0.261. The van der Waals surface area contributed by atoms with Crippen molar-refractivity contribution in [2.24, 2.45) is 0 Å². The second-order valence-corrected chi connectivity index (χ2v) is 5.00. The number of benzene rings is 1. The summed E-state index contributed by atoms with van der Waals surface area (Å²) < 4.78 is 0.714. The molecule has 1 rings (SSSR count). The van der Waals surface area contributed by atoms with E-state index in [1.165, 1.54) is 6.92 Å². The van der Waals surface area contributed by atoms with Crippen molar-refractivity contribution in [1.29, 1.82) is 0 Å². The summed E-state index contributed by atoms with van der Waals surface area (Å²) in [5.41, 5.74) is 0.488. The van der Waals surface area contributed by atoms with Gasteiger partial charge in [0.15, 0.2) is 0 Å². The third kappa shape index (κ3) is 4.63. The third-order valence-electron chi connectivity index (χ3n) is 2.15. The first-order valence-corrected chi connectivity index (χ1v) is 6.14. The normalized spacial score (nSPS) is 14.2. The number of aliphatic hydroxyl groups is 2. The largest absolute Gasteiger partial charge is 0.388 e. The molecule has 0 fully saturated rings. The van der Waals surface area contributed by atoms with E-state index in [4.69, 9.17) is 11.6 Å². The predicted octanol–water partition coefficient (Wildman–Crippen LogP) is 1.63. The van der Waals surface area contributed by atoms with Gasteiger partial charge >= 0.3 is 0 Å². The molecule has 94 valence electrons. The molecule has 1 aromatic carbocycles. The van der Waals surface area contributed by atoms with Crippen molar-refractivity contribution in [1.82, 2.24) is 5.32 Å². The zero-order chi connectivity index (χ0) is 13.0. The van der Waals surface area contributed by atoms with E-state index in [1.54, 1.807) is 18.2 Å². The highest BCUT2D eigenvalue weighted by atomic mass is 79.9. The molecule has 0 saturated heterocycles. The lowest BCUT2D eigenvalue weighted by Gasteiger charge is -2.18. The standard InChI is InChI=1S/C11H13BrClNO3/c1-6(15)14-5-10(16)11(17)7-2-8(12)4-9(13)3-7/h2-4,10-11,16-17H,5H2,1H3,(H,14,15). The lowest BCUT2D eigenvalue weighted by Crippen LogP contribution is -2.34. The van der Waals surface area contributed by atoms with E-state index in [0.717, 1.165) is 0 Å². The van der Waals surface area contributed by atoms with Crippen molar-refractivity contribution in [3.05, 3.63) is 33.3 Å². The van der Waals surface area contributed by atoms with Crippen LogP contribution in [-0.2, 0) is 4.79 Å². The van der Waals surface area contributed by atoms with E-state index in [2.05, 4.69) is 21.2 Å². The van der Waals surface area contributed by atoms with Crippen molar-refractivity contribution in [3.63, 3.8) is 0 Å². The van der Waals surface area contributed by atoms with Crippen LogP contribution in [-0.4, -0.2) is 28.8 Å². The molecule has 0 aliphatic rings. The van der Waals surface area contributed by atoms with E-state index in [1.807, 2.05) is 0 Å². The highest BCUT2D eigenvalue weighted by Gasteiger charge is 2.19. The molecular formula is C11H13BrClNO3. The molecule has 1 aromatic rings. The zero-order valence-electron chi connectivity index (χ0n) is 9.15. The van der Waals surface area contributed by atoms with Gasteiger partial charge in [0.05, 0.1) is 0 Å². The SMILES string of the molecule is CC(=O)NCC(O)C(O)c1cc(Cl)cc(Br)c1. The summed E-state index contributed by atoms with van der Waals surface area (Å²) in [5, 5.41) is 22.4. The lowest BCUT2D eigenvalue weighted by molar-refractivity contribution is -0.119. The number of aliphatic hydroxyl groups excluding tert-OH is 2. The number of hydrogen-bond donors (Lipinski definition) is 3. The first-order valence-electron chi connectivity index (χ1n) is 4.96. The van der Waals surface area contributed by atoms with Crippen LogP contribution in [0.1, 0.15) is 18.6 Å². The van der Waals surface area contributed by atoms with E-state index in [0.29, 0.717) is 15.1 Å². The van der Waals surface area contributed by atoms with Crippen LogP contribution in [0.3, 0.4) is 0 Å². The number of nitrogens with one attached hydrogen (secondary N) is 1. The van der Waals surface area contributed by atoms with E-state index < -0.39 is 12.2 Å². The van der Waals surface area contributed by atoms with Crippen LogP contribution in [0, 0.1) is 0 Å². The molecule has 6 heteroatoms. The Hall–Kier alpha value is -0.620. The van der Waals surface area contributed by atoms with Crippen molar-refractivity contribution in [2.75, 3.05) is 6.54 Å². The summed E-state index contributed by atoms with van der Waals surface area (Å²) in [6, 6.07) is 4.90. The van der Waals surface area contributed by atoms with Crippen LogP contribution < -0.4 is 5.32 Å². The van der Waals surface area contributed by atoms with Gasteiger partial charge in [-0.2, -0.15) is 0 Å². The maximum Gasteiger partial charge on any atom is 0.216 e. The summed E-state index contributed by atoms with van der Waals surface area (Å²) in [7, 11) is 0. The van der Waals surface area contributed by atoms with Gasteiger partial charge in [-0.15, -0.1) is 0 Å². The van der Waals surface area contributed by atoms with E-state index >= 15 is 0 Å². The number of amides is 1. The summed E-state index contributed by atoms with van der Waals surface area (Å²) in [4.78, 5) is 10.7. The average Bonchev–Trinajstić information content (AvgIpc) is 2.23. The Labute approximate surface area is 113 Å². The first-order chi connectivity index (χ1) is 7.90. The molecule has 0 heterocycles. The zero-order valence-corrected chi connectivity index (χ0v) is 11.5. The van der Waals surface area contributed by atoms with Crippen LogP contribution in [0.4, 0.5) is 0 Å². The molecule has 0 aliphatic carbocycles. The van der Waals surface area contributed by atoms with Gasteiger partial charge in [-0.25, -0.2) is 0 Å². The Bertz CT molecular complexity index is 393. The summed E-state index contributed by atoms with van der Waals surface area (Å²) >= 11 is 9.08. The molecule has 0 saturated carbocycles. The van der Waals surface area contributed by atoms with E-state index in [-0.39, 0.29) is 12.5 Å². The van der Waals surface area contributed by atoms with Gasteiger partial charge in [-0.05, 0) is 23.8 Å². The summed E-state index contributed by atoms with van der Waals surface area (Å²) in [6.07, 6.45) is -2.18. The molecule has 0 spiro atoms. The monoisotopic (exact) mass is 321 g/mol. The van der Waals surface area contributed by atoms with Crippen LogP contribution in [0.25, 0.3) is 0 Å². The number of carbonyl (C=O) groups excluding carboxylic acids is 1. The minimum Gasteiger partial charge on any atom is -0.388 e. The highest BCUT2D eigenvalue weighted by Crippen LogP contribution is 2.25. The highest BCUT2D eigenvalue weighted by molar-refractivity contribution is 9.10. The second kappa shape index (κ2) is 6.35. The Morgan fingerprint density at radius 3 is 2.65 bits per heavy atom. The van der Waals surface area contributed by atoms with Gasteiger partial charge in [0.2, 0.25) is 5.91 Å². The fourth-order valence-electron chi connectivity index (χ4n) is 1.33. The number of hydrogen-bond acceptors (Lipinski definition) is 3. The Morgan fingerprint density at radius 2 is 2.12 bits per heavy atom. The molecule has 0 aliphatic heterocycles. The molecule has 0 aromatic heterocycles. The predicted molar refractivity (Wildman–Crippen MR) is 68.8 cm³/mol. The van der Waals surface area contributed by atoms with Crippen LogP contribution in [0.15, 0.2) is 22.7 Å². The molecule has 2 atom stereocenters. The first kappa shape index (κ1) is 14.4. The average molecular weight is 323 g/mol. The van der Waals surface area contributed by atoms with Crippen LogP contribution in [0.2, 0.25) is 5.02 Å². The quantitative estimate of drug-likeness (QED) is 0.789. The Morgan fingerprint density at radius 1 is 1.47 bits per heavy atom. The molecule has 4 nitrogen and oxygen atoms in total. The minimum absolute atomic E-state index is 0.0133. The topological polar surface area (TPSA) is 69.6 Å². The van der Waals surface area contributed by atoms with Gasteiger partial charge in [-0.1, -0.05) is 27.5 Å². The van der Waals surface area contributed by atoms with Gasteiger partial charge in [-0.3, -0.25) is 4.79 Å². The smallest absolute Gasteiger partial charge is 0.216 e. The molecule has 17 heavy (non-hydrogen) atoms. The van der Waals surface area contributed by atoms with Crippen LogP contribution >= 0.6 is 27.5 Å². The number of rotatable bonds is 4. The second-order valence-electron chi connectivity index (χ2n) is 3.65. The molecule has 2 unspecified atom stereocenters. The van der Waals surface area contributed by atoms with Crippen molar-refractivity contribution >= 4 is 33.4 Å². The molecular weight excluding hydrogens is 309 g/mol. The summed E-state index contributed by atoms with van der Waals surface area (Å²) in [6.45, 7) is 1.33. The van der Waals surface area contributed by atoms with Crippen LogP contribution in [0.5, 0.6) is 0 Å². The Kier molecular flexibility index (Phi) is 5.39. The van der Waals surface area contributed by atoms with Crippen molar-refractivity contribution in [3.8, 4) is 0 Å². The molecule has 1 amide bonds. The maximum absolute atomic E-state index is 10.7. The molecule has 0 radical (unpaired) electrons. The number of halogens is 2. The molecule has 0 bridgehead atoms. The minimum atomic E-state index is -1.10. The fraction of sp³-hybridized carbons (Fsp3) is 0.364. The lowest BCUT2D eigenvalue weighted by atomic mass is 10.0. The number of carbonyl (C=O) groups is 1. The van der Waals surface area contributed by atoms with Crippen molar-refractivity contribution in [2.45, 2.75) is 19.1 Å². The van der Waals surface area contributed by atoms with Gasteiger partial charge < -0.3 is 15.5 Å². The maximum atomic E-state index is 10.7. The van der Waals surface area contributed by atoms with Gasteiger partial charge in [0.1, 0.15) is 12.2 Å². The fourth-order valence-corrected chi connectivity index (χ4v) is 2.21. The Balaban J connectivity index is 2.73. The van der Waals surface area contributed by atoms with Gasteiger partial charge in [0.25, 0.3) is 0 Å². The molecule has 3 N–H and O–H groups in total. The van der Waals surface area contributed by atoms with E-state index in [9.17, 15) is 15.0 Å². The van der Waals surface area contributed by atoms with Crippen molar-refractivity contribution < 1.29 is 15.0 Å². The third-order valence-corrected chi connectivity index (χ3v) is 2.83.